The molecule has 1 aromatic rings. The normalized spacial score (nSPS) is 20.1. The van der Waals surface area contributed by atoms with Gasteiger partial charge < -0.3 is 5.32 Å². The second-order valence-electron chi connectivity index (χ2n) is 5.03. The second kappa shape index (κ2) is 5.60. The summed E-state index contributed by atoms with van der Waals surface area (Å²) in [6.45, 7) is 6.63. The van der Waals surface area contributed by atoms with Gasteiger partial charge in [0, 0.05) is 30.9 Å². The van der Waals surface area contributed by atoms with Crippen molar-refractivity contribution >= 4 is 17.3 Å². The van der Waals surface area contributed by atoms with E-state index < -0.39 is 0 Å². The molecule has 1 saturated heterocycles. The number of nitriles is 1. The second-order valence-corrected chi connectivity index (χ2v) is 5.43. The van der Waals surface area contributed by atoms with Crippen molar-refractivity contribution in [3.8, 4) is 6.07 Å². The molecule has 1 fully saturated rings. The third kappa shape index (κ3) is 2.95. The maximum atomic E-state index is 8.95. The number of anilines is 1. The van der Waals surface area contributed by atoms with E-state index >= 15 is 0 Å². The number of rotatable bonds is 3. The number of nitrogens with zero attached hydrogens (tertiary/aromatic N) is 2. The van der Waals surface area contributed by atoms with Gasteiger partial charge in [-0.3, -0.25) is 4.90 Å². The van der Waals surface area contributed by atoms with Crippen LogP contribution in [0.5, 0.6) is 0 Å². The van der Waals surface area contributed by atoms with Crippen molar-refractivity contribution in [2.24, 2.45) is 0 Å². The third-order valence-corrected chi connectivity index (χ3v) is 3.74. The van der Waals surface area contributed by atoms with E-state index in [9.17, 15) is 0 Å². The van der Waals surface area contributed by atoms with Gasteiger partial charge in [-0.25, -0.2) is 0 Å². The van der Waals surface area contributed by atoms with Crippen molar-refractivity contribution in [1.82, 2.24) is 4.90 Å². The van der Waals surface area contributed by atoms with Gasteiger partial charge in [0.25, 0.3) is 0 Å². The molecule has 0 radical (unpaired) electrons. The van der Waals surface area contributed by atoms with Crippen LogP contribution < -0.4 is 5.32 Å². The molecule has 18 heavy (non-hydrogen) atoms. The lowest BCUT2D eigenvalue weighted by atomic mass is 10.2. The summed E-state index contributed by atoms with van der Waals surface area (Å²) in [6.07, 6.45) is 1.14. The lowest BCUT2D eigenvalue weighted by Gasteiger charge is -2.21. The number of hydrogen-bond acceptors (Lipinski definition) is 3. The zero-order valence-corrected chi connectivity index (χ0v) is 11.5. The molecule has 0 bridgehead atoms. The molecule has 1 atom stereocenters. The maximum absolute atomic E-state index is 8.95. The Morgan fingerprint density at radius 1 is 1.50 bits per heavy atom. The molecule has 0 aromatic heterocycles. The van der Waals surface area contributed by atoms with Crippen LogP contribution in [0.3, 0.4) is 0 Å². The molecule has 0 spiro atoms. The van der Waals surface area contributed by atoms with E-state index in [0.29, 0.717) is 22.7 Å². The van der Waals surface area contributed by atoms with E-state index in [1.807, 2.05) is 12.1 Å². The van der Waals surface area contributed by atoms with Crippen molar-refractivity contribution in [2.45, 2.75) is 32.4 Å². The van der Waals surface area contributed by atoms with Crippen LogP contribution in [-0.2, 0) is 0 Å². The number of hydrogen-bond donors (Lipinski definition) is 1. The molecule has 1 aliphatic rings. The van der Waals surface area contributed by atoms with Gasteiger partial charge in [-0.15, -0.1) is 0 Å². The van der Waals surface area contributed by atoms with Gasteiger partial charge >= 0.3 is 0 Å². The van der Waals surface area contributed by atoms with Gasteiger partial charge in [0.05, 0.1) is 10.6 Å². The Kier molecular flexibility index (Phi) is 4.11. The molecule has 4 heteroatoms. The quantitative estimate of drug-likeness (QED) is 0.911. The van der Waals surface area contributed by atoms with Crippen LogP contribution >= 0.6 is 11.6 Å². The Labute approximate surface area is 113 Å². The summed E-state index contributed by atoms with van der Waals surface area (Å²) in [5.74, 6) is 0. The van der Waals surface area contributed by atoms with Crippen LogP contribution in [0.2, 0.25) is 5.02 Å². The van der Waals surface area contributed by atoms with Gasteiger partial charge in [-0.1, -0.05) is 11.6 Å². The molecule has 1 unspecified atom stereocenters. The number of halogens is 1. The Bertz CT molecular complexity index is 465. The van der Waals surface area contributed by atoms with E-state index in [4.69, 9.17) is 16.9 Å². The van der Waals surface area contributed by atoms with Gasteiger partial charge in [-0.2, -0.15) is 5.26 Å². The van der Waals surface area contributed by atoms with Crippen molar-refractivity contribution in [3.63, 3.8) is 0 Å². The van der Waals surface area contributed by atoms with Gasteiger partial charge in [0.2, 0.25) is 0 Å². The molecule has 96 valence electrons. The third-order valence-electron chi connectivity index (χ3n) is 3.41. The minimum absolute atomic E-state index is 0.458. The summed E-state index contributed by atoms with van der Waals surface area (Å²) in [6, 6.07) is 8.68. The fourth-order valence-electron chi connectivity index (χ4n) is 2.31. The smallest absolute Gasteiger partial charge is 0.101 e. The molecule has 1 heterocycles. The highest BCUT2D eigenvalue weighted by atomic mass is 35.5. The van der Waals surface area contributed by atoms with E-state index in [2.05, 4.69) is 30.1 Å². The average Bonchev–Trinajstić information content (AvgIpc) is 2.80. The topological polar surface area (TPSA) is 39.1 Å². The first-order chi connectivity index (χ1) is 8.60. The van der Waals surface area contributed by atoms with Crippen molar-refractivity contribution < 1.29 is 0 Å². The highest BCUT2D eigenvalue weighted by Crippen LogP contribution is 2.22. The largest absolute Gasteiger partial charge is 0.381 e. The highest BCUT2D eigenvalue weighted by molar-refractivity contribution is 6.31. The highest BCUT2D eigenvalue weighted by Gasteiger charge is 2.23. The monoisotopic (exact) mass is 263 g/mol. The first-order valence-electron chi connectivity index (χ1n) is 6.30. The van der Waals surface area contributed by atoms with Crippen LogP contribution in [0, 0.1) is 11.3 Å². The van der Waals surface area contributed by atoms with Crippen LogP contribution in [0.25, 0.3) is 0 Å². The van der Waals surface area contributed by atoms with Crippen molar-refractivity contribution in [3.05, 3.63) is 28.8 Å². The zero-order valence-electron chi connectivity index (χ0n) is 10.8. The molecule has 1 N–H and O–H groups in total. The van der Waals surface area contributed by atoms with E-state index in [-0.39, 0.29) is 0 Å². The van der Waals surface area contributed by atoms with Crippen LogP contribution in [0.4, 0.5) is 5.69 Å². The Morgan fingerprint density at radius 2 is 2.28 bits per heavy atom. The molecule has 0 saturated carbocycles. The van der Waals surface area contributed by atoms with Gasteiger partial charge in [-0.05, 0) is 38.5 Å². The van der Waals surface area contributed by atoms with Gasteiger partial charge in [0.15, 0.2) is 0 Å². The first kappa shape index (κ1) is 13.2. The predicted octanol–water partition coefficient (Wildman–Crippen LogP) is 3.11. The fraction of sp³-hybridized carbons (Fsp3) is 0.500. The molecule has 0 aliphatic carbocycles. The van der Waals surface area contributed by atoms with Crippen LogP contribution in [0.1, 0.15) is 25.8 Å². The molecule has 2 rings (SSSR count). The zero-order chi connectivity index (χ0) is 13.1. The molecule has 1 aliphatic heterocycles. The summed E-state index contributed by atoms with van der Waals surface area (Å²) >= 11 is 5.92. The summed E-state index contributed by atoms with van der Waals surface area (Å²) in [5, 5.41) is 12.9. The summed E-state index contributed by atoms with van der Waals surface area (Å²) in [5.41, 5.74) is 1.51. The van der Waals surface area contributed by atoms with E-state index in [0.717, 1.165) is 25.2 Å². The number of benzene rings is 1. The Balaban J connectivity index is 2.01. The predicted molar refractivity (Wildman–Crippen MR) is 74.9 cm³/mol. The van der Waals surface area contributed by atoms with Crippen molar-refractivity contribution in [1.29, 1.82) is 5.26 Å². The minimum atomic E-state index is 0.458. The van der Waals surface area contributed by atoms with E-state index in [1.165, 1.54) is 0 Å². The fourth-order valence-corrected chi connectivity index (χ4v) is 2.47. The first-order valence-corrected chi connectivity index (χ1v) is 6.68. The maximum Gasteiger partial charge on any atom is 0.101 e. The van der Waals surface area contributed by atoms with Crippen molar-refractivity contribution in [2.75, 3.05) is 18.4 Å². The summed E-state index contributed by atoms with van der Waals surface area (Å²) in [7, 11) is 0. The molecule has 3 nitrogen and oxygen atoms in total. The van der Waals surface area contributed by atoms with Crippen LogP contribution in [0.15, 0.2) is 18.2 Å². The Morgan fingerprint density at radius 3 is 2.89 bits per heavy atom. The molecular weight excluding hydrogens is 246 g/mol. The standard InChI is InChI=1S/C14H18ClN3/c1-10(2)18-6-5-13(9-18)17-12-3-4-14(15)11(7-12)8-16/h3-4,7,10,13,17H,5-6,9H2,1-2H3. The molecular formula is C14H18ClN3. The summed E-state index contributed by atoms with van der Waals surface area (Å²) in [4.78, 5) is 2.46. The van der Waals surface area contributed by atoms with Gasteiger partial charge in [0.1, 0.15) is 6.07 Å². The lowest BCUT2D eigenvalue weighted by Crippen LogP contribution is -2.31. The molecule has 1 aromatic carbocycles. The lowest BCUT2D eigenvalue weighted by molar-refractivity contribution is 0.274. The molecule has 0 amide bonds. The Hall–Kier alpha value is -1.24. The minimum Gasteiger partial charge on any atom is -0.381 e. The van der Waals surface area contributed by atoms with E-state index in [1.54, 1.807) is 6.07 Å². The average molecular weight is 264 g/mol. The number of nitrogens with one attached hydrogen (secondary N) is 1. The SMILES string of the molecule is CC(C)N1CCC(Nc2ccc(Cl)c(C#N)c2)C1. The summed E-state index contributed by atoms with van der Waals surface area (Å²) < 4.78 is 0. The number of likely N-dealkylation sites (tertiary alicyclic amines) is 1. The van der Waals surface area contributed by atoms with Crippen LogP contribution in [-0.4, -0.2) is 30.1 Å².